The fraction of sp³-hybridized carbons (Fsp3) is 0.375. The number of fused-ring (bicyclic) bond motifs is 1. The van der Waals surface area contributed by atoms with Gasteiger partial charge in [-0.05, 0) is 12.1 Å². The van der Waals surface area contributed by atoms with Gasteiger partial charge in [-0.15, -0.1) is 0 Å². The molecule has 8 heteroatoms. The first-order chi connectivity index (χ1) is 11.6. The zero-order valence-corrected chi connectivity index (χ0v) is 12.8. The number of carbonyl (C=O) groups is 1. The summed E-state index contributed by atoms with van der Waals surface area (Å²) in [6.45, 7) is 2.72. The van der Waals surface area contributed by atoms with Crippen LogP contribution in [0.4, 0.5) is 14.7 Å². The number of anilines is 1. The average molecular weight is 331 g/mol. The minimum Gasteiger partial charge on any atom is -0.340 e. The quantitative estimate of drug-likeness (QED) is 0.831. The monoisotopic (exact) mass is 331 g/mol. The van der Waals surface area contributed by atoms with Crippen molar-refractivity contribution in [2.75, 3.05) is 31.1 Å². The molecular weight excluding hydrogens is 316 g/mol. The third-order valence-electron chi connectivity index (χ3n) is 4.61. The van der Waals surface area contributed by atoms with Crippen LogP contribution in [0.25, 0.3) is 0 Å². The first-order valence-electron chi connectivity index (χ1n) is 7.73. The second kappa shape index (κ2) is 5.77. The van der Waals surface area contributed by atoms with Gasteiger partial charge in [0.25, 0.3) is 5.91 Å². The molecule has 24 heavy (non-hydrogen) atoms. The number of amides is 1. The Bertz CT molecular complexity index is 738. The van der Waals surface area contributed by atoms with Crippen LogP contribution in [0.2, 0.25) is 0 Å². The standard InChI is InChI=1S/C16H15F2N5O/c17-12-1-2-14(19-3-12)15(24)22-6-10-8-23(9-11(10)7-22)16-20-4-13(18)5-21-16/h1-5,10-11H,6-9H2/t10-,11+. The Kier molecular flexibility index (Phi) is 3.59. The Morgan fingerprint density at radius 3 is 2.12 bits per heavy atom. The summed E-state index contributed by atoms with van der Waals surface area (Å²) in [6, 6.07) is 2.65. The molecule has 4 heterocycles. The largest absolute Gasteiger partial charge is 0.340 e. The van der Waals surface area contributed by atoms with Crippen molar-refractivity contribution in [1.29, 1.82) is 0 Å². The van der Waals surface area contributed by atoms with Gasteiger partial charge in [0.2, 0.25) is 5.95 Å². The van der Waals surface area contributed by atoms with E-state index >= 15 is 0 Å². The SMILES string of the molecule is O=C(c1ccc(F)cn1)N1C[C@@H]2CN(c3ncc(F)cn3)C[C@@H]2C1. The summed E-state index contributed by atoms with van der Waals surface area (Å²) in [5.74, 6) is 0.0745. The molecule has 0 radical (unpaired) electrons. The van der Waals surface area contributed by atoms with Crippen molar-refractivity contribution >= 4 is 11.9 Å². The van der Waals surface area contributed by atoms with Gasteiger partial charge in [-0.2, -0.15) is 0 Å². The topological polar surface area (TPSA) is 62.2 Å². The van der Waals surface area contributed by atoms with E-state index in [-0.39, 0.29) is 11.6 Å². The van der Waals surface area contributed by atoms with E-state index in [1.807, 2.05) is 4.90 Å². The lowest BCUT2D eigenvalue weighted by Gasteiger charge is -2.21. The van der Waals surface area contributed by atoms with Gasteiger partial charge in [-0.1, -0.05) is 0 Å². The first-order valence-corrected chi connectivity index (χ1v) is 7.73. The Labute approximate surface area is 137 Å². The number of nitrogens with zero attached hydrogens (tertiary/aromatic N) is 5. The molecule has 0 N–H and O–H groups in total. The summed E-state index contributed by atoms with van der Waals surface area (Å²) < 4.78 is 25.8. The Balaban J connectivity index is 1.41. The molecule has 2 saturated heterocycles. The minimum atomic E-state index is -0.459. The molecule has 2 aromatic rings. The van der Waals surface area contributed by atoms with E-state index in [0.29, 0.717) is 30.9 Å². The fourth-order valence-electron chi connectivity index (χ4n) is 3.46. The van der Waals surface area contributed by atoms with Gasteiger partial charge < -0.3 is 9.80 Å². The van der Waals surface area contributed by atoms with Gasteiger partial charge in [-0.3, -0.25) is 4.79 Å². The molecule has 2 aliphatic rings. The highest BCUT2D eigenvalue weighted by atomic mass is 19.1. The smallest absolute Gasteiger partial charge is 0.272 e. The molecule has 0 unspecified atom stereocenters. The van der Waals surface area contributed by atoms with Gasteiger partial charge in [0.1, 0.15) is 11.5 Å². The lowest BCUT2D eigenvalue weighted by atomic mass is 10.0. The van der Waals surface area contributed by atoms with Crippen LogP contribution < -0.4 is 4.90 Å². The predicted octanol–water partition coefficient (Wildman–Crippen LogP) is 1.36. The molecule has 0 spiro atoms. The summed E-state index contributed by atoms with van der Waals surface area (Å²) >= 11 is 0. The van der Waals surface area contributed by atoms with E-state index in [9.17, 15) is 13.6 Å². The summed E-state index contributed by atoms with van der Waals surface area (Å²) in [5, 5.41) is 0. The first kappa shape index (κ1) is 14.9. The number of likely N-dealkylation sites (tertiary alicyclic amines) is 1. The Morgan fingerprint density at radius 1 is 0.917 bits per heavy atom. The normalized spacial score (nSPS) is 22.8. The summed E-state index contributed by atoms with van der Waals surface area (Å²) in [5.41, 5.74) is 0.259. The molecule has 2 fully saturated rings. The van der Waals surface area contributed by atoms with Gasteiger partial charge in [0, 0.05) is 38.0 Å². The lowest BCUT2D eigenvalue weighted by Crippen LogP contribution is -2.34. The van der Waals surface area contributed by atoms with Crippen molar-refractivity contribution in [2.24, 2.45) is 11.8 Å². The lowest BCUT2D eigenvalue weighted by molar-refractivity contribution is 0.0776. The summed E-state index contributed by atoms with van der Waals surface area (Å²) in [7, 11) is 0. The van der Waals surface area contributed by atoms with Crippen LogP contribution in [0, 0.1) is 23.5 Å². The van der Waals surface area contributed by atoms with Crippen molar-refractivity contribution in [1.82, 2.24) is 19.9 Å². The number of hydrogen-bond acceptors (Lipinski definition) is 5. The maximum Gasteiger partial charge on any atom is 0.272 e. The van der Waals surface area contributed by atoms with E-state index in [0.717, 1.165) is 31.7 Å². The third-order valence-corrected chi connectivity index (χ3v) is 4.61. The molecule has 2 aliphatic heterocycles. The zero-order chi connectivity index (χ0) is 16.7. The summed E-state index contributed by atoms with van der Waals surface area (Å²) in [4.78, 5) is 28.1. The van der Waals surface area contributed by atoms with Gasteiger partial charge in [0.05, 0.1) is 18.6 Å². The molecule has 0 saturated carbocycles. The highest BCUT2D eigenvalue weighted by molar-refractivity contribution is 5.92. The van der Waals surface area contributed by atoms with Crippen LogP contribution >= 0.6 is 0 Å². The van der Waals surface area contributed by atoms with E-state index in [4.69, 9.17) is 0 Å². The predicted molar refractivity (Wildman–Crippen MR) is 81.3 cm³/mol. The van der Waals surface area contributed by atoms with E-state index in [1.165, 1.54) is 12.1 Å². The van der Waals surface area contributed by atoms with Gasteiger partial charge >= 0.3 is 0 Å². The van der Waals surface area contributed by atoms with Crippen LogP contribution in [0.3, 0.4) is 0 Å². The Morgan fingerprint density at radius 2 is 1.54 bits per heavy atom. The van der Waals surface area contributed by atoms with Crippen LogP contribution in [0.15, 0.2) is 30.7 Å². The van der Waals surface area contributed by atoms with Crippen molar-refractivity contribution in [3.8, 4) is 0 Å². The molecule has 0 aliphatic carbocycles. The number of aromatic nitrogens is 3. The molecule has 0 bridgehead atoms. The van der Waals surface area contributed by atoms with E-state index in [2.05, 4.69) is 15.0 Å². The number of hydrogen-bond donors (Lipinski definition) is 0. The number of rotatable bonds is 2. The second-order valence-electron chi connectivity index (χ2n) is 6.20. The maximum atomic E-state index is 12.9. The van der Waals surface area contributed by atoms with Crippen LogP contribution in [0.5, 0.6) is 0 Å². The molecule has 4 rings (SSSR count). The minimum absolute atomic E-state index is 0.172. The van der Waals surface area contributed by atoms with Crippen molar-refractivity contribution in [3.05, 3.63) is 48.1 Å². The molecule has 0 aromatic carbocycles. The maximum absolute atomic E-state index is 12.9. The molecule has 1 amide bonds. The van der Waals surface area contributed by atoms with E-state index < -0.39 is 11.6 Å². The highest BCUT2D eigenvalue weighted by Crippen LogP contribution is 2.33. The highest BCUT2D eigenvalue weighted by Gasteiger charge is 2.42. The molecule has 6 nitrogen and oxygen atoms in total. The van der Waals surface area contributed by atoms with Gasteiger partial charge in [0.15, 0.2) is 5.82 Å². The zero-order valence-electron chi connectivity index (χ0n) is 12.8. The number of carbonyl (C=O) groups excluding carboxylic acids is 1. The van der Waals surface area contributed by atoms with Crippen molar-refractivity contribution < 1.29 is 13.6 Å². The Hall–Kier alpha value is -2.64. The fourth-order valence-corrected chi connectivity index (χ4v) is 3.46. The molecule has 124 valence electrons. The van der Waals surface area contributed by atoms with E-state index in [1.54, 1.807) is 4.90 Å². The second-order valence-corrected chi connectivity index (χ2v) is 6.20. The van der Waals surface area contributed by atoms with Crippen LogP contribution in [-0.2, 0) is 0 Å². The molecule has 2 aromatic heterocycles. The van der Waals surface area contributed by atoms with Gasteiger partial charge in [-0.25, -0.2) is 23.7 Å². The number of pyridine rings is 1. The van der Waals surface area contributed by atoms with Crippen molar-refractivity contribution in [3.63, 3.8) is 0 Å². The number of halogens is 2. The summed E-state index contributed by atoms with van der Waals surface area (Å²) in [6.07, 6.45) is 3.37. The average Bonchev–Trinajstić information content (AvgIpc) is 3.14. The third kappa shape index (κ3) is 2.68. The van der Waals surface area contributed by atoms with Crippen molar-refractivity contribution in [2.45, 2.75) is 0 Å². The molecular formula is C16H15F2N5O. The molecule has 2 atom stereocenters. The van der Waals surface area contributed by atoms with Crippen LogP contribution in [0.1, 0.15) is 10.5 Å². The van der Waals surface area contributed by atoms with Crippen LogP contribution in [-0.4, -0.2) is 51.9 Å².